The zero-order valence-electron chi connectivity index (χ0n) is 20.9. The third kappa shape index (κ3) is 4.77. The maximum absolute atomic E-state index is 13.2. The Kier molecular flexibility index (Phi) is 6.64. The smallest absolute Gasteiger partial charge is 0.272 e. The molecule has 1 atom stereocenters. The maximum Gasteiger partial charge on any atom is 0.272 e. The summed E-state index contributed by atoms with van der Waals surface area (Å²) in [7, 11) is 3.60. The molecule has 1 fully saturated rings. The molecule has 1 aliphatic rings. The molecule has 10 heteroatoms. The number of hydrogen-bond acceptors (Lipinski definition) is 5. The highest BCUT2D eigenvalue weighted by atomic mass is 35.5. The number of H-pyrrole nitrogens is 1. The number of fused-ring (bicyclic) bond motifs is 1. The van der Waals surface area contributed by atoms with E-state index in [0.29, 0.717) is 42.0 Å². The molecule has 1 unspecified atom stereocenters. The second kappa shape index (κ2) is 9.37. The summed E-state index contributed by atoms with van der Waals surface area (Å²) in [6, 6.07) is 3.92. The van der Waals surface area contributed by atoms with Crippen LogP contribution < -0.4 is 5.32 Å². The van der Waals surface area contributed by atoms with Gasteiger partial charge in [-0.15, -0.1) is 0 Å². The zero-order valence-corrected chi connectivity index (χ0v) is 21.6. The molecule has 2 N–H and O–H groups in total. The van der Waals surface area contributed by atoms with Crippen molar-refractivity contribution in [3.63, 3.8) is 0 Å². The minimum atomic E-state index is -0.126. The lowest BCUT2D eigenvalue weighted by atomic mass is 9.86. The number of nitrogens with one attached hydrogen (secondary N) is 2. The van der Waals surface area contributed by atoms with Crippen LogP contribution in [0.3, 0.4) is 0 Å². The molecule has 2 aromatic heterocycles. The van der Waals surface area contributed by atoms with Crippen LogP contribution in [0.4, 0.5) is 5.82 Å². The average Bonchev–Trinajstić information content (AvgIpc) is 3.53. The third-order valence-electron chi connectivity index (χ3n) is 6.69. The Morgan fingerprint density at radius 3 is 2.80 bits per heavy atom. The summed E-state index contributed by atoms with van der Waals surface area (Å²) < 4.78 is 1.79. The van der Waals surface area contributed by atoms with E-state index in [1.54, 1.807) is 27.6 Å². The summed E-state index contributed by atoms with van der Waals surface area (Å²) in [6.07, 6.45) is 3.64. The van der Waals surface area contributed by atoms with Gasteiger partial charge in [-0.25, -0.2) is 4.98 Å². The fourth-order valence-electron chi connectivity index (χ4n) is 4.45. The number of hydrogen-bond donors (Lipinski definition) is 2. The van der Waals surface area contributed by atoms with E-state index in [9.17, 15) is 9.59 Å². The van der Waals surface area contributed by atoms with Crippen LogP contribution in [0.15, 0.2) is 31.0 Å². The molecule has 2 amide bonds. The maximum atomic E-state index is 13.2. The SMILES string of the molecule is C=CC(=O)N1CCC(N(C)C(=O)c2cnc(CNc3n[nH]c4cc(Cl)c(C(C)(C)C)cc34)n2C)C1. The number of halogens is 1. The molecule has 186 valence electrons. The highest BCUT2D eigenvalue weighted by Gasteiger charge is 2.31. The Hall–Kier alpha value is -3.33. The first-order valence-corrected chi connectivity index (χ1v) is 12.0. The van der Waals surface area contributed by atoms with Crippen LogP contribution in [-0.4, -0.2) is 67.5 Å². The van der Waals surface area contributed by atoms with Crippen molar-refractivity contribution in [1.82, 2.24) is 29.5 Å². The van der Waals surface area contributed by atoms with Gasteiger partial charge in [0.2, 0.25) is 5.91 Å². The number of anilines is 1. The van der Waals surface area contributed by atoms with Crippen LogP contribution >= 0.6 is 11.6 Å². The Labute approximate surface area is 210 Å². The minimum absolute atomic E-state index is 0.0397. The Morgan fingerprint density at radius 1 is 1.37 bits per heavy atom. The molecule has 0 bridgehead atoms. The number of imidazole rings is 1. The van der Waals surface area contributed by atoms with Gasteiger partial charge in [0, 0.05) is 37.6 Å². The summed E-state index contributed by atoms with van der Waals surface area (Å²) in [5, 5.41) is 12.4. The number of benzene rings is 1. The van der Waals surface area contributed by atoms with Crippen molar-refractivity contribution >= 4 is 40.1 Å². The Balaban J connectivity index is 1.47. The van der Waals surface area contributed by atoms with Gasteiger partial charge in [-0.2, -0.15) is 5.10 Å². The van der Waals surface area contributed by atoms with E-state index in [1.165, 1.54) is 6.08 Å². The van der Waals surface area contributed by atoms with Gasteiger partial charge in [0.1, 0.15) is 11.5 Å². The van der Waals surface area contributed by atoms with Crippen LogP contribution in [0.2, 0.25) is 5.02 Å². The lowest BCUT2D eigenvalue weighted by molar-refractivity contribution is -0.125. The average molecular weight is 498 g/mol. The van der Waals surface area contributed by atoms with E-state index in [-0.39, 0.29) is 23.3 Å². The van der Waals surface area contributed by atoms with Gasteiger partial charge in [0.15, 0.2) is 5.82 Å². The summed E-state index contributed by atoms with van der Waals surface area (Å²) in [5.41, 5.74) is 2.29. The molecular formula is C25H32ClN7O2. The Morgan fingerprint density at radius 2 is 2.11 bits per heavy atom. The lowest BCUT2D eigenvalue weighted by Crippen LogP contribution is -2.40. The second-order valence-corrected chi connectivity index (χ2v) is 10.4. The highest BCUT2D eigenvalue weighted by Crippen LogP contribution is 2.34. The van der Waals surface area contributed by atoms with Gasteiger partial charge in [0.05, 0.1) is 24.3 Å². The molecule has 1 aromatic carbocycles. The number of amides is 2. The van der Waals surface area contributed by atoms with E-state index < -0.39 is 0 Å². The molecule has 0 saturated carbocycles. The van der Waals surface area contributed by atoms with Crippen molar-refractivity contribution < 1.29 is 9.59 Å². The number of carbonyl (C=O) groups is 2. The fraction of sp³-hybridized carbons (Fsp3) is 0.440. The molecule has 0 radical (unpaired) electrons. The monoisotopic (exact) mass is 497 g/mol. The van der Waals surface area contributed by atoms with Crippen molar-refractivity contribution in [2.45, 2.75) is 45.2 Å². The molecule has 1 aliphatic heterocycles. The minimum Gasteiger partial charge on any atom is -0.361 e. The number of aromatic nitrogens is 4. The molecular weight excluding hydrogens is 466 g/mol. The fourth-order valence-corrected chi connectivity index (χ4v) is 4.90. The summed E-state index contributed by atoms with van der Waals surface area (Å²) in [4.78, 5) is 32.9. The molecule has 0 spiro atoms. The van der Waals surface area contributed by atoms with Crippen LogP contribution in [0, 0.1) is 0 Å². The molecule has 3 heterocycles. The highest BCUT2D eigenvalue weighted by molar-refractivity contribution is 6.32. The third-order valence-corrected chi connectivity index (χ3v) is 7.01. The van der Waals surface area contributed by atoms with Crippen molar-refractivity contribution in [1.29, 1.82) is 0 Å². The van der Waals surface area contributed by atoms with Gasteiger partial charge in [-0.1, -0.05) is 39.0 Å². The predicted molar refractivity (Wildman–Crippen MR) is 138 cm³/mol. The number of nitrogens with zero attached hydrogens (tertiary/aromatic N) is 5. The van der Waals surface area contributed by atoms with E-state index >= 15 is 0 Å². The first-order valence-electron chi connectivity index (χ1n) is 11.6. The van der Waals surface area contributed by atoms with Gasteiger partial charge in [-0.05, 0) is 35.6 Å². The predicted octanol–water partition coefficient (Wildman–Crippen LogP) is 3.72. The number of rotatable bonds is 6. The standard InChI is InChI=1S/C25H32ClN7O2/c1-7-22(34)33-9-8-15(14-33)31(5)24(35)20-12-27-21(32(20)6)13-28-23-16-10-17(25(2,3)4)18(26)11-19(16)29-30-23/h7,10-12,15H,1,8-9,13-14H2,2-6H3,(H2,28,29,30). The normalized spacial score (nSPS) is 16.1. The first kappa shape index (κ1) is 24.8. The van der Waals surface area contributed by atoms with Gasteiger partial charge in [-0.3, -0.25) is 14.7 Å². The molecule has 4 rings (SSSR count). The zero-order chi connectivity index (χ0) is 25.5. The molecule has 3 aromatic rings. The van der Waals surface area contributed by atoms with Gasteiger partial charge in [0.25, 0.3) is 5.91 Å². The van der Waals surface area contributed by atoms with Crippen molar-refractivity contribution in [2.24, 2.45) is 7.05 Å². The van der Waals surface area contributed by atoms with Crippen LogP contribution in [0.1, 0.15) is 49.1 Å². The van der Waals surface area contributed by atoms with E-state index in [2.05, 4.69) is 53.9 Å². The van der Waals surface area contributed by atoms with E-state index in [4.69, 9.17) is 11.6 Å². The number of likely N-dealkylation sites (tertiary alicyclic amines) is 1. The van der Waals surface area contributed by atoms with Crippen LogP contribution in [0.5, 0.6) is 0 Å². The van der Waals surface area contributed by atoms with Crippen molar-refractivity contribution in [3.05, 3.63) is 53.1 Å². The van der Waals surface area contributed by atoms with Crippen molar-refractivity contribution in [3.8, 4) is 0 Å². The van der Waals surface area contributed by atoms with Crippen LogP contribution in [0.25, 0.3) is 10.9 Å². The molecule has 9 nitrogen and oxygen atoms in total. The van der Waals surface area contributed by atoms with E-state index in [0.717, 1.165) is 22.9 Å². The largest absolute Gasteiger partial charge is 0.361 e. The second-order valence-electron chi connectivity index (χ2n) is 10.0. The quantitative estimate of drug-likeness (QED) is 0.506. The summed E-state index contributed by atoms with van der Waals surface area (Å²) in [6.45, 7) is 11.4. The summed E-state index contributed by atoms with van der Waals surface area (Å²) in [5.74, 6) is 1.18. The van der Waals surface area contributed by atoms with Gasteiger partial charge < -0.3 is 19.7 Å². The first-order chi connectivity index (χ1) is 16.5. The van der Waals surface area contributed by atoms with Crippen LogP contribution in [-0.2, 0) is 23.8 Å². The van der Waals surface area contributed by atoms with Gasteiger partial charge >= 0.3 is 0 Å². The van der Waals surface area contributed by atoms with E-state index in [1.807, 2.05) is 13.1 Å². The molecule has 0 aliphatic carbocycles. The number of aromatic amines is 1. The Bertz CT molecular complexity index is 1290. The molecule has 35 heavy (non-hydrogen) atoms. The number of carbonyl (C=O) groups excluding carboxylic acids is 2. The summed E-state index contributed by atoms with van der Waals surface area (Å²) >= 11 is 6.49. The number of likely N-dealkylation sites (N-methyl/N-ethyl adjacent to an activating group) is 1. The van der Waals surface area contributed by atoms with Crippen molar-refractivity contribution in [2.75, 3.05) is 25.5 Å². The topological polar surface area (TPSA) is 99.2 Å². The molecule has 1 saturated heterocycles. The lowest BCUT2D eigenvalue weighted by Gasteiger charge is -2.24.